The van der Waals surface area contributed by atoms with E-state index in [9.17, 15) is 22.8 Å². The second-order valence-corrected chi connectivity index (χ2v) is 5.20. The number of amides is 1. The fourth-order valence-corrected chi connectivity index (χ4v) is 2.27. The van der Waals surface area contributed by atoms with Gasteiger partial charge in [-0.1, -0.05) is 18.2 Å². The molecule has 4 nitrogen and oxygen atoms in total. The number of hydrogen-bond donors (Lipinski definition) is 1. The molecule has 0 bridgehead atoms. The van der Waals surface area contributed by atoms with Crippen molar-refractivity contribution in [2.45, 2.75) is 25.6 Å². The molecule has 0 spiro atoms. The van der Waals surface area contributed by atoms with Gasteiger partial charge in [-0.25, -0.2) is 0 Å². The van der Waals surface area contributed by atoms with Crippen LogP contribution in [-0.4, -0.2) is 28.9 Å². The van der Waals surface area contributed by atoms with E-state index in [0.717, 1.165) is 11.0 Å². The van der Waals surface area contributed by atoms with Crippen LogP contribution < -0.4 is 0 Å². The maximum absolute atomic E-state index is 12.9. The first-order chi connectivity index (χ1) is 9.68. The monoisotopic (exact) mass is 301 g/mol. The third kappa shape index (κ3) is 2.86. The van der Waals surface area contributed by atoms with Gasteiger partial charge >= 0.3 is 12.1 Å². The maximum atomic E-state index is 12.9. The average molecular weight is 301 g/mol. The summed E-state index contributed by atoms with van der Waals surface area (Å²) in [4.78, 5) is 24.2. The zero-order chi connectivity index (χ0) is 15.8. The van der Waals surface area contributed by atoms with Gasteiger partial charge in [0.15, 0.2) is 0 Å². The number of rotatable bonds is 4. The first-order valence-corrected chi connectivity index (χ1v) is 6.32. The standard InChI is InChI=1S/C14H14F3NO3/c1-18(11(19)13(6-7-13)12(20)21)8-9-4-2-3-5-10(9)14(15,16)17/h2-5H,6-8H2,1H3,(H,20,21). The highest BCUT2D eigenvalue weighted by molar-refractivity contribution is 6.04. The molecule has 0 heterocycles. The zero-order valence-corrected chi connectivity index (χ0v) is 11.3. The van der Waals surface area contributed by atoms with Crippen molar-refractivity contribution in [3.8, 4) is 0 Å². The summed E-state index contributed by atoms with van der Waals surface area (Å²) in [6, 6.07) is 4.95. The van der Waals surface area contributed by atoms with Crippen LogP contribution in [0.2, 0.25) is 0 Å². The topological polar surface area (TPSA) is 57.6 Å². The molecule has 0 unspecified atom stereocenters. The van der Waals surface area contributed by atoms with Crippen molar-refractivity contribution < 1.29 is 27.9 Å². The molecule has 1 N–H and O–H groups in total. The Bertz CT molecular complexity index is 579. The third-order valence-corrected chi connectivity index (χ3v) is 3.65. The van der Waals surface area contributed by atoms with Crippen molar-refractivity contribution in [3.05, 3.63) is 35.4 Å². The number of halogens is 3. The summed E-state index contributed by atoms with van der Waals surface area (Å²) < 4.78 is 38.6. The lowest BCUT2D eigenvalue weighted by Crippen LogP contribution is -2.38. The number of benzene rings is 1. The summed E-state index contributed by atoms with van der Waals surface area (Å²) in [5, 5.41) is 9.05. The lowest BCUT2D eigenvalue weighted by atomic mass is 10.0. The maximum Gasteiger partial charge on any atom is 0.416 e. The molecule has 1 aromatic rings. The Morgan fingerprint density at radius 1 is 1.29 bits per heavy atom. The average Bonchev–Trinajstić information content (AvgIpc) is 3.18. The van der Waals surface area contributed by atoms with Crippen LogP contribution in [0, 0.1) is 5.41 Å². The van der Waals surface area contributed by atoms with Gasteiger partial charge in [0.1, 0.15) is 5.41 Å². The van der Waals surface area contributed by atoms with Crippen molar-refractivity contribution in [2.75, 3.05) is 7.05 Å². The predicted molar refractivity (Wildman–Crippen MR) is 67.2 cm³/mol. The van der Waals surface area contributed by atoms with Crippen molar-refractivity contribution in [3.63, 3.8) is 0 Å². The SMILES string of the molecule is CN(Cc1ccccc1C(F)(F)F)C(=O)C1(C(=O)O)CC1. The molecule has 1 aliphatic carbocycles. The van der Waals surface area contributed by atoms with E-state index in [4.69, 9.17) is 5.11 Å². The quantitative estimate of drug-likeness (QED) is 0.869. The van der Waals surface area contributed by atoms with Crippen molar-refractivity contribution >= 4 is 11.9 Å². The molecule has 1 fully saturated rings. The molecule has 0 aromatic heterocycles. The summed E-state index contributed by atoms with van der Waals surface area (Å²) in [5.74, 6) is -1.87. The van der Waals surface area contributed by atoms with Gasteiger partial charge in [-0.05, 0) is 24.5 Å². The first kappa shape index (κ1) is 15.3. The highest BCUT2D eigenvalue weighted by Crippen LogP contribution is 2.47. The fourth-order valence-electron chi connectivity index (χ4n) is 2.27. The van der Waals surface area contributed by atoms with Crippen LogP contribution in [0.3, 0.4) is 0 Å². The predicted octanol–water partition coefficient (Wildman–Crippen LogP) is 2.53. The Labute approximate surface area is 119 Å². The second-order valence-electron chi connectivity index (χ2n) is 5.20. The molecule has 0 radical (unpaired) electrons. The van der Waals surface area contributed by atoms with E-state index in [1.54, 1.807) is 0 Å². The third-order valence-electron chi connectivity index (χ3n) is 3.65. The van der Waals surface area contributed by atoms with Crippen molar-refractivity contribution in [1.82, 2.24) is 4.90 Å². The summed E-state index contributed by atoms with van der Waals surface area (Å²) >= 11 is 0. The second kappa shape index (κ2) is 5.05. The van der Waals surface area contributed by atoms with Gasteiger partial charge in [0.2, 0.25) is 5.91 Å². The summed E-state index contributed by atoms with van der Waals surface area (Å²) in [7, 11) is 1.32. The Morgan fingerprint density at radius 3 is 2.33 bits per heavy atom. The number of carboxylic acids is 1. The molecule has 0 aliphatic heterocycles. The molecule has 21 heavy (non-hydrogen) atoms. The number of carbonyl (C=O) groups is 2. The number of carboxylic acid groups (broad SMARTS) is 1. The number of nitrogens with zero attached hydrogens (tertiary/aromatic N) is 1. The van der Waals surface area contributed by atoms with Crippen LogP contribution in [0.15, 0.2) is 24.3 Å². The van der Waals surface area contributed by atoms with Crippen LogP contribution >= 0.6 is 0 Å². The number of hydrogen-bond acceptors (Lipinski definition) is 2. The molecule has 1 saturated carbocycles. The van der Waals surface area contributed by atoms with E-state index in [0.29, 0.717) is 0 Å². The van der Waals surface area contributed by atoms with Gasteiger partial charge in [-0.2, -0.15) is 13.2 Å². The van der Waals surface area contributed by atoms with E-state index < -0.39 is 29.0 Å². The molecule has 0 saturated heterocycles. The molecule has 0 atom stereocenters. The molecule has 7 heteroatoms. The van der Waals surface area contributed by atoms with Crippen LogP contribution in [-0.2, 0) is 22.3 Å². The number of aliphatic carboxylic acids is 1. The highest BCUT2D eigenvalue weighted by Gasteiger charge is 2.58. The smallest absolute Gasteiger partial charge is 0.416 e. The Hall–Kier alpha value is -2.05. The zero-order valence-electron chi connectivity index (χ0n) is 11.3. The summed E-state index contributed by atoms with van der Waals surface area (Å²) in [5.41, 5.74) is -2.31. The molecule has 1 amide bonds. The van der Waals surface area contributed by atoms with Crippen molar-refractivity contribution in [2.24, 2.45) is 5.41 Å². The Balaban J connectivity index is 2.20. The molecule has 1 aliphatic rings. The normalized spacial score (nSPS) is 16.4. The van der Waals surface area contributed by atoms with Gasteiger partial charge in [0.25, 0.3) is 0 Å². The van der Waals surface area contributed by atoms with Crippen LogP contribution in [0.4, 0.5) is 13.2 Å². The van der Waals surface area contributed by atoms with Crippen LogP contribution in [0.1, 0.15) is 24.0 Å². The molecule has 114 valence electrons. The lowest BCUT2D eigenvalue weighted by molar-refractivity contribution is -0.153. The first-order valence-electron chi connectivity index (χ1n) is 6.32. The minimum atomic E-state index is -4.51. The van der Waals surface area contributed by atoms with Crippen LogP contribution in [0.5, 0.6) is 0 Å². The highest BCUT2D eigenvalue weighted by atomic mass is 19.4. The molecular formula is C14H14F3NO3. The van der Waals surface area contributed by atoms with E-state index in [1.165, 1.54) is 25.2 Å². The van der Waals surface area contributed by atoms with E-state index >= 15 is 0 Å². The van der Waals surface area contributed by atoms with E-state index in [-0.39, 0.29) is 24.9 Å². The fraction of sp³-hybridized carbons (Fsp3) is 0.429. The Kier molecular flexibility index (Phi) is 3.69. The number of alkyl halides is 3. The summed E-state index contributed by atoms with van der Waals surface area (Å²) in [6.45, 7) is -0.274. The minimum Gasteiger partial charge on any atom is -0.480 e. The van der Waals surface area contributed by atoms with Gasteiger partial charge in [-0.3, -0.25) is 9.59 Å². The number of carbonyl (C=O) groups excluding carboxylic acids is 1. The van der Waals surface area contributed by atoms with Crippen LogP contribution in [0.25, 0.3) is 0 Å². The van der Waals surface area contributed by atoms with Gasteiger partial charge in [0.05, 0.1) is 5.56 Å². The lowest BCUT2D eigenvalue weighted by Gasteiger charge is -2.23. The largest absolute Gasteiger partial charge is 0.480 e. The molecule has 2 rings (SSSR count). The van der Waals surface area contributed by atoms with E-state index in [2.05, 4.69) is 0 Å². The van der Waals surface area contributed by atoms with Gasteiger partial charge in [0, 0.05) is 13.6 Å². The molecular weight excluding hydrogens is 287 g/mol. The van der Waals surface area contributed by atoms with Crippen molar-refractivity contribution in [1.29, 1.82) is 0 Å². The van der Waals surface area contributed by atoms with Gasteiger partial charge < -0.3 is 10.0 Å². The Morgan fingerprint density at radius 2 is 1.86 bits per heavy atom. The van der Waals surface area contributed by atoms with Gasteiger partial charge in [-0.15, -0.1) is 0 Å². The van der Waals surface area contributed by atoms with E-state index in [1.807, 2.05) is 0 Å². The molecule has 1 aromatic carbocycles. The minimum absolute atomic E-state index is 0.0537. The summed E-state index contributed by atoms with van der Waals surface area (Å²) in [6.07, 6.45) is -4.05.